The number of benzene rings is 2. The van der Waals surface area contributed by atoms with E-state index in [4.69, 9.17) is 11.6 Å². The summed E-state index contributed by atoms with van der Waals surface area (Å²) in [5.41, 5.74) is -0.764. The summed E-state index contributed by atoms with van der Waals surface area (Å²) >= 11 is 6.07. The Balaban J connectivity index is 2.03. The summed E-state index contributed by atoms with van der Waals surface area (Å²) in [5, 5.41) is 42.8. The van der Waals surface area contributed by atoms with E-state index in [9.17, 15) is 44.4 Å². The highest BCUT2D eigenvalue weighted by atomic mass is 35.5. The fraction of sp³-hybridized carbons (Fsp3) is 0.486. The van der Waals surface area contributed by atoms with Gasteiger partial charge < -0.3 is 25.7 Å². The topological polar surface area (TPSA) is 178 Å². The van der Waals surface area contributed by atoms with Gasteiger partial charge >= 0.3 is 17.9 Å². The second kappa shape index (κ2) is 21.1. The minimum Gasteiger partial charge on any atom is -0.481 e. The molecular formula is C37H48ClNO9. The maximum absolute atomic E-state index is 13.4. The number of amides is 1. The van der Waals surface area contributed by atoms with Gasteiger partial charge in [0, 0.05) is 24.3 Å². The highest BCUT2D eigenvalue weighted by Crippen LogP contribution is 2.26. The Kier molecular flexibility index (Phi) is 17.6. The highest BCUT2D eigenvalue weighted by Gasteiger charge is 2.49. The first-order valence-corrected chi connectivity index (χ1v) is 17.0. The van der Waals surface area contributed by atoms with E-state index in [1.807, 2.05) is 6.07 Å². The lowest BCUT2D eigenvalue weighted by Gasteiger charge is -2.29. The molecule has 0 spiro atoms. The number of Topliss-reactive ketones (excluding diaryl/α,β-unsaturated/α-hetero) is 1. The van der Waals surface area contributed by atoms with Crippen molar-refractivity contribution in [1.82, 2.24) is 5.32 Å². The molecule has 5 N–H and O–H groups in total. The van der Waals surface area contributed by atoms with Crippen LogP contribution in [0.4, 0.5) is 0 Å². The lowest BCUT2D eigenvalue weighted by molar-refractivity contribution is -0.172. The number of halogens is 1. The van der Waals surface area contributed by atoms with Crippen LogP contribution in [0.2, 0.25) is 5.02 Å². The zero-order valence-corrected chi connectivity index (χ0v) is 28.3. The van der Waals surface area contributed by atoms with Crippen LogP contribution in [0.3, 0.4) is 0 Å². The van der Waals surface area contributed by atoms with E-state index in [1.54, 1.807) is 42.5 Å². The van der Waals surface area contributed by atoms with Gasteiger partial charge in [0.1, 0.15) is 11.8 Å². The van der Waals surface area contributed by atoms with Crippen LogP contribution in [0, 0.1) is 5.92 Å². The molecule has 2 aromatic carbocycles. The van der Waals surface area contributed by atoms with Crippen LogP contribution in [-0.2, 0) is 30.4 Å². The number of ketones is 1. The first-order valence-electron chi connectivity index (χ1n) is 16.6. The Hall–Kier alpha value is -4.02. The number of aliphatic carboxylic acids is 3. The Morgan fingerprint density at radius 3 is 2.02 bits per heavy atom. The third-order valence-electron chi connectivity index (χ3n) is 8.22. The zero-order chi connectivity index (χ0) is 35.5. The quantitative estimate of drug-likeness (QED) is 0.0584. The SMILES string of the molecule is CCCCCCCC(=O)CCCCCC/C=C/C(C(=O)NC(Cc1ccc(-c2cccc(Cl)c2)cc1)C(=O)O)C(O)(CC(=O)O)C(=O)O. The molecule has 2 aromatic rings. The van der Waals surface area contributed by atoms with Crippen molar-refractivity contribution in [2.75, 3.05) is 0 Å². The number of unbranched alkanes of at least 4 members (excludes halogenated alkanes) is 8. The molecule has 2 rings (SSSR count). The molecule has 3 unspecified atom stereocenters. The van der Waals surface area contributed by atoms with Crippen LogP contribution in [0.25, 0.3) is 11.1 Å². The number of nitrogens with one attached hydrogen (secondary N) is 1. The third-order valence-corrected chi connectivity index (χ3v) is 8.45. The molecule has 0 aromatic heterocycles. The van der Waals surface area contributed by atoms with Gasteiger partial charge in [-0.1, -0.05) is 106 Å². The largest absolute Gasteiger partial charge is 0.481 e. The van der Waals surface area contributed by atoms with Crippen molar-refractivity contribution in [3.05, 3.63) is 71.3 Å². The van der Waals surface area contributed by atoms with E-state index < -0.39 is 47.8 Å². The summed E-state index contributed by atoms with van der Waals surface area (Å²) in [7, 11) is 0. The molecule has 0 radical (unpaired) electrons. The Morgan fingerprint density at radius 2 is 1.46 bits per heavy atom. The summed E-state index contributed by atoms with van der Waals surface area (Å²) in [6.07, 6.45) is 11.3. The smallest absolute Gasteiger partial charge is 0.337 e. The molecule has 3 atom stereocenters. The molecule has 0 aliphatic carbocycles. The zero-order valence-electron chi connectivity index (χ0n) is 27.5. The molecule has 0 saturated heterocycles. The number of hydrogen-bond donors (Lipinski definition) is 5. The maximum Gasteiger partial charge on any atom is 0.337 e. The summed E-state index contributed by atoms with van der Waals surface area (Å²) < 4.78 is 0. The molecule has 10 nitrogen and oxygen atoms in total. The molecule has 48 heavy (non-hydrogen) atoms. The number of carboxylic acid groups (broad SMARTS) is 3. The molecular weight excluding hydrogens is 638 g/mol. The lowest BCUT2D eigenvalue weighted by Crippen LogP contribution is -2.55. The van der Waals surface area contributed by atoms with Gasteiger partial charge in [0.05, 0.1) is 12.3 Å². The average Bonchev–Trinajstić information content (AvgIpc) is 3.03. The summed E-state index contributed by atoms with van der Waals surface area (Å²) in [4.78, 5) is 61.1. The fourth-order valence-corrected chi connectivity index (χ4v) is 5.62. The predicted molar refractivity (Wildman–Crippen MR) is 184 cm³/mol. The molecule has 0 fully saturated rings. The summed E-state index contributed by atoms with van der Waals surface area (Å²) in [5.74, 6) is -7.70. The molecule has 1 amide bonds. The number of carboxylic acids is 3. The Morgan fingerprint density at radius 1 is 0.833 bits per heavy atom. The Bertz CT molecular complexity index is 1390. The molecule has 0 bridgehead atoms. The fourth-order valence-electron chi connectivity index (χ4n) is 5.43. The van der Waals surface area contributed by atoms with Crippen LogP contribution in [0.1, 0.15) is 96.0 Å². The number of allylic oxidation sites excluding steroid dienone is 1. The summed E-state index contributed by atoms with van der Waals surface area (Å²) in [6.45, 7) is 2.15. The first kappa shape index (κ1) is 40.2. The molecule has 262 valence electrons. The monoisotopic (exact) mass is 685 g/mol. The number of carbonyl (C=O) groups excluding carboxylic acids is 2. The van der Waals surface area contributed by atoms with Gasteiger partial charge in [-0.3, -0.25) is 14.4 Å². The second-order valence-electron chi connectivity index (χ2n) is 12.2. The van der Waals surface area contributed by atoms with Gasteiger partial charge in [-0.25, -0.2) is 9.59 Å². The van der Waals surface area contributed by atoms with Crippen molar-refractivity contribution in [3.63, 3.8) is 0 Å². The third kappa shape index (κ3) is 14.0. The van der Waals surface area contributed by atoms with Gasteiger partial charge in [-0.2, -0.15) is 0 Å². The lowest BCUT2D eigenvalue weighted by atomic mass is 9.82. The van der Waals surface area contributed by atoms with E-state index in [1.165, 1.54) is 12.5 Å². The normalized spacial score (nSPS) is 13.8. The van der Waals surface area contributed by atoms with Gasteiger partial charge in [0.25, 0.3) is 0 Å². The van der Waals surface area contributed by atoms with Crippen molar-refractivity contribution >= 4 is 41.2 Å². The molecule has 0 saturated carbocycles. The highest BCUT2D eigenvalue weighted by molar-refractivity contribution is 6.30. The van der Waals surface area contributed by atoms with Crippen LogP contribution in [0.5, 0.6) is 0 Å². The van der Waals surface area contributed by atoms with Crippen molar-refractivity contribution in [1.29, 1.82) is 0 Å². The summed E-state index contributed by atoms with van der Waals surface area (Å²) in [6, 6.07) is 12.6. The van der Waals surface area contributed by atoms with E-state index in [0.29, 0.717) is 36.3 Å². The predicted octanol–water partition coefficient (Wildman–Crippen LogP) is 6.85. The van der Waals surface area contributed by atoms with Crippen LogP contribution >= 0.6 is 11.6 Å². The molecule has 0 heterocycles. The minimum absolute atomic E-state index is 0.154. The van der Waals surface area contributed by atoms with Crippen LogP contribution in [0.15, 0.2) is 60.7 Å². The first-order chi connectivity index (χ1) is 22.9. The van der Waals surface area contributed by atoms with Crippen molar-refractivity contribution < 1.29 is 44.4 Å². The number of rotatable bonds is 24. The van der Waals surface area contributed by atoms with E-state index in [-0.39, 0.29) is 12.2 Å². The van der Waals surface area contributed by atoms with Gasteiger partial charge in [-0.15, -0.1) is 0 Å². The van der Waals surface area contributed by atoms with Crippen molar-refractivity contribution in [2.24, 2.45) is 5.92 Å². The Labute approximate surface area is 287 Å². The maximum atomic E-state index is 13.4. The molecule has 0 aliphatic heterocycles. The number of aliphatic hydroxyl groups is 1. The van der Waals surface area contributed by atoms with Gasteiger partial charge in [0.2, 0.25) is 5.91 Å². The van der Waals surface area contributed by atoms with E-state index in [0.717, 1.165) is 62.1 Å². The second-order valence-corrected chi connectivity index (χ2v) is 12.6. The van der Waals surface area contributed by atoms with Gasteiger partial charge in [-0.05, 0) is 54.5 Å². The van der Waals surface area contributed by atoms with Crippen molar-refractivity contribution in [2.45, 2.75) is 108 Å². The van der Waals surface area contributed by atoms with Crippen LogP contribution in [-0.4, -0.2) is 61.7 Å². The van der Waals surface area contributed by atoms with E-state index >= 15 is 0 Å². The van der Waals surface area contributed by atoms with E-state index in [2.05, 4.69) is 12.2 Å². The molecule has 11 heteroatoms. The number of hydrogen-bond acceptors (Lipinski definition) is 6. The van der Waals surface area contributed by atoms with Crippen LogP contribution < -0.4 is 5.32 Å². The molecule has 0 aliphatic rings. The standard InChI is InChI=1S/C37H48ClNO9/c1-2-3-4-7-10-16-30(40)17-11-8-5-6-9-12-18-31(37(48,36(46)47)25-33(41)42)34(43)39-32(35(44)45)23-26-19-21-27(22-20-26)28-14-13-15-29(38)24-28/h12-15,18-22,24,31-32,48H,2-11,16-17,23,25H2,1H3,(H,39,43)(H,41,42)(H,44,45)(H,46,47)/b18-12+. The number of carbonyl (C=O) groups is 5. The van der Waals surface area contributed by atoms with Gasteiger partial charge in [0.15, 0.2) is 5.60 Å². The van der Waals surface area contributed by atoms with Crippen molar-refractivity contribution in [3.8, 4) is 11.1 Å². The minimum atomic E-state index is -3.02. The average molecular weight is 686 g/mol.